The Hall–Kier alpha value is -1.95. The molecular formula is C44H65N3O2. The summed E-state index contributed by atoms with van der Waals surface area (Å²) in [6.07, 6.45) is 15.9. The highest BCUT2D eigenvalue weighted by molar-refractivity contribution is 5.89. The maximum Gasteiger partial charge on any atom is 0.337 e. The second-order valence-corrected chi connectivity index (χ2v) is 19.4. The number of hydrogen-bond donors (Lipinski definition) is 2. The van der Waals surface area contributed by atoms with Crippen molar-refractivity contribution in [3.63, 3.8) is 0 Å². The molecule has 8 rings (SSSR count). The maximum atomic E-state index is 12.1. The molecule has 5 heteroatoms. The van der Waals surface area contributed by atoms with E-state index in [0.29, 0.717) is 39.6 Å². The Morgan fingerprint density at radius 2 is 1.76 bits per heavy atom. The van der Waals surface area contributed by atoms with Crippen molar-refractivity contribution in [3.05, 3.63) is 53.6 Å². The molecule has 0 radical (unpaired) electrons. The number of nitrogens with one attached hydrogen (secondary N) is 2. The highest BCUT2D eigenvalue weighted by atomic mass is 16.5. The minimum atomic E-state index is -0.263. The Balaban J connectivity index is 1.06. The zero-order chi connectivity index (χ0) is 34.6. The summed E-state index contributed by atoms with van der Waals surface area (Å²) in [5.41, 5.74) is 6.15. The van der Waals surface area contributed by atoms with Crippen molar-refractivity contribution in [2.24, 2.45) is 51.2 Å². The maximum absolute atomic E-state index is 12.1. The first-order valence-electron chi connectivity index (χ1n) is 20.0. The van der Waals surface area contributed by atoms with E-state index >= 15 is 0 Å². The second kappa shape index (κ2) is 11.8. The number of rotatable bonds is 7. The van der Waals surface area contributed by atoms with Crippen LogP contribution in [0.5, 0.6) is 0 Å². The number of allylic oxidation sites excluding steroid dienone is 3. The number of methoxy groups -OCH3 is 1. The molecule has 11 atom stereocenters. The number of benzene rings is 1. The highest BCUT2D eigenvalue weighted by Gasteiger charge is 2.70. The van der Waals surface area contributed by atoms with Crippen LogP contribution in [0.1, 0.15) is 122 Å². The van der Waals surface area contributed by atoms with Crippen molar-refractivity contribution in [1.29, 1.82) is 0 Å². The van der Waals surface area contributed by atoms with Crippen LogP contribution in [-0.4, -0.2) is 61.8 Å². The third-order valence-electron chi connectivity index (χ3n) is 17.3. The summed E-state index contributed by atoms with van der Waals surface area (Å²) in [4.78, 5) is 14.9. The van der Waals surface area contributed by atoms with Gasteiger partial charge in [0, 0.05) is 43.8 Å². The summed E-state index contributed by atoms with van der Waals surface area (Å²) in [5.74, 6) is 3.26. The molecule has 0 amide bonds. The van der Waals surface area contributed by atoms with E-state index in [2.05, 4.69) is 81.9 Å². The largest absolute Gasteiger partial charge is 0.465 e. The molecule has 5 unspecified atom stereocenters. The summed E-state index contributed by atoms with van der Waals surface area (Å²) in [5, 5.41) is 8.06. The Labute approximate surface area is 297 Å². The molecule has 2 N–H and O–H groups in total. The fourth-order valence-corrected chi connectivity index (χ4v) is 14.8. The normalized spacial score (nSPS) is 45.1. The lowest BCUT2D eigenvalue weighted by Gasteiger charge is -2.72. The van der Waals surface area contributed by atoms with Crippen molar-refractivity contribution in [2.75, 3.05) is 33.3 Å². The molecule has 4 saturated carbocycles. The predicted octanol–water partition coefficient (Wildman–Crippen LogP) is 8.51. The zero-order valence-electron chi connectivity index (χ0n) is 31.8. The highest BCUT2D eigenvalue weighted by Crippen LogP contribution is 2.76. The van der Waals surface area contributed by atoms with Gasteiger partial charge in [0.25, 0.3) is 0 Å². The number of carbonyl (C=O) groups excluding carboxylic acids is 1. The molecule has 6 fully saturated rings. The number of likely N-dealkylation sites (tertiary alicyclic amines) is 1. The van der Waals surface area contributed by atoms with Crippen LogP contribution in [-0.2, 0) is 4.74 Å². The Kier molecular flexibility index (Phi) is 8.21. The minimum absolute atomic E-state index is 0.0753. The van der Waals surface area contributed by atoms with E-state index in [1.165, 1.54) is 101 Å². The van der Waals surface area contributed by atoms with Crippen LogP contribution in [0, 0.1) is 51.2 Å². The fraction of sp³-hybridized carbons (Fsp3) is 0.750. The summed E-state index contributed by atoms with van der Waals surface area (Å²) < 4.78 is 4.98. The number of piperazine rings is 1. The molecule has 0 spiro atoms. The standard InChI is InChI=1S/C44H65N3O2/c1-28(2)33-15-20-44(46-23-24-47-27-31-25-32(47)26-45-31)22-21-42(6)35(38(33)44)13-14-37-41(5)18-16-34(29-9-11-30(12-10-29)39(48)49-8)40(3,4)36(41)17-19-43(37,42)7/h9-12,16,31-33,35-38,45-46H,1,13-15,17-27H2,2-8H3/t31?,32?,33-,35+,36?,37?,38?,41-,42+,43+,44-/m0/s1. The van der Waals surface area contributed by atoms with Crippen molar-refractivity contribution in [1.82, 2.24) is 15.5 Å². The Bertz CT molecular complexity index is 1510. The molecule has 7 aliphatic rings. The van der Waals surface area contributed by atoms with Gasteiger partial charge in [-0.05, 0) is 146 Å². The molecule has 2 heterocycles. The van der Waals surface area contributed by atoms with E-state index in [0.717, 1.165) is 36.9 Å². The average molecular weight is 668 g/mol. The second-order valence-electron chi connectivity index (χ2n) is 19.4. The van der Waals surface area contributed by atoms with Crippen molar-refractivity contribution >= 4 is 11.5 Å². The molecule has 268 valence electrons. The van der Waals surface area contributed by atoms with Crippen LogP contribution >= 0.6 is 0 Å². The smallest absolute Gasteiger partial charge is 0.337 e. The van der Waals surface area contributed by atoms with Crippen LogP contribution in [0.2, 0.25) is 0 Å². The van der Waals surface area contributed by atoms with E-state index in [1.54, 1.807) is 0 Å². The number of esters is 1. The summed E-state index contributed by atoms with van der Waals surface area (Å²) >= 11 is 0. The van der Waals surface area contributed by atoms with E-state index in [9.17, 15) is 4.79 Å². The van der Waals surface area contributed by atoms with Gasteiger partial charge in [-0.3, -0.25) is 4.90 Å². The molecule has 1 aromatic rings. The summed E-state index contributed by atoms with van der Waals surface area (Å²) in [6, 6.07) is 9.68. The SMILES string of the molecule is C=C(C)[C@@H]1CC[C@]2(NCCN3CC4CC3CN4)CC[C@]3(C)[C@H](CCC4[C@@]5(C)CC=C(c6ccc(C(=O)OC)cc6)C(C)(C)C5CC[C@]43C)C12. The molecular weight excluding hydrogens is 603 g/mol. The number of nitrogens with zero attached hydrogens (tertiary/aromatic N) is 1. The van der Waals surface area contributed by atoms with E-state index in [4.69, 9.17) is 4.74 Å². The first-order valence-corrected chi connectivity index (χ1v) is 20.0. The van der Waals surface area contributed by atoms with Gasteiger partial charge in [0.2, 0.25) is 0 Å². The lowest BCUT2D eigenvalue weighted by molar-refractivity contribution is -0.219. The van der Waals surface area contributed by atoms with Crippen molar-refractivity contribution in [3.8, 4) is 0 Å². The van der Waals surface area contributed by atoms with E-state index in [-0.39, 0.29) is 16.9 Å². The van der Waals surface area contributed by atoms with E-state index in [1.807, 2.05) is 12.1 Å². The first kappa shape index (κ1) is 34.2. The summed E-state index contributed by atoms with van der Waals surface area (Å²) in [6.45, 7) is 25.0. The number of hydrogen-bond acceptors (Lipinski definition) is 5. The Morgan fingerprint density at radius 1 is 0.980 bits per heavy atom. The van der Waals surface area contributed by atoms with Gasteiger partial charge in [-0.1, -0.05) is 65.0 Å². The van der Waals surface area contributed by atoms with Crippen LogP contribution in [0.4, 0.5) is 0 Å². The average Bonchev–Trinajstić information content (AvgIpc) is 3.80. The predicted molar refractivity (Wildman–Crippen MR) is 200 cm³/mol. The minimum Gasteiger partial charge on any atom is -0.465 e. The van der Waals surface area contributed by atoms with Gasteiger partial charge in [0.15, 0.2) is 0 Å². The van der Waals surface area contributed by atoms with Crippen LogP contribution in [0.3, 0.4) is 0 Å². The molecule has 0 aromatic heterocycles. The monoisotopic (exact) mass is 668 g/mol. The van der Waals surface area contributed by atoms with Gasteiger partial charge in [-0.25, -0.2) is 4.79 Å². The molecule has 1 aromatic carbocycles. The van der Waals surface area contributed by atoms with Gasteiger partial charge in [-0.15, -0.1) is 0 Å². The molecule has 5 nitrogen and oxygen atoms in total. The van der Waals surface area contributed by atoms with Crippen LogP contribution in [0.15, 0.2) is 42.5 Å². The zero-order valence-corrected chi connectivity index (χ0v) is 31.8. The van der Waals surface area contributed by atoms with Crippen LogP contribution < -0.4 is 10.6 Å². The quantitative estimate of drug-likeness (QED) is 0.226. The third kappa shape index (κ3) is 4.90. The first-order chi connectivity index (χ1) is 23.3. The topological polar surface area (TPSA) is 53.6 Å². The molecule has 5 aliphatic carbocycles. The fourth-order valence-electron chi connectivity index (χ4n) is 14.8. The van der Waals surface area contributed by atoms with Crippen molar-refractivity contribution < 1.29 is 9.53 Å². The van der Waals surface area contributed by atoms with Gasteiger partial charge in [0.05, 0.1) is 12.7 Å². The Morgan fingerprint density at radius 3 is 2.43 bits per heavy atom. The van der Waals surface area contributed by atoms with Gasteiger partial charge in [-0.2, -0.15) is 0 Å². The van der Waals surface area contributed by atoms with E-state index < -0.39 is 0 Å². The molecule has 2 bridgehead atoms. The van der Waals surface area contributed by atoms with Gasteiger partial charge in [0.1, 0.15) is 0 Å². The van der Waals surface area contributed by atoms with Gasteiger partial charge < -0.3 is 15.4 Å². The lowest BCUT2D eigenvalue weighted by Crippen LogP contribution is -2.68. The summed E-state index contributed by atoms with van der Waals surface area (Å²) in [7, 11) is 1.46. The van der Waals surface area contributed by atoms with Crippen LogP contribution in [0.25, 0.3) is 5.57 Å². The van der Waals surface area contributed by atoms with Gasteiger partial charge >= 0.3 is 5.97 Å². The molecule has 49 heavy (non-hydrogen) atoms. The lowest BCUT2D eigenvalue weighted by atomic mass is 9.33. The number of ether oxygens (including phenoxy) is 1. The molecule has 2 aliphatic heterocycles. The number of fused-ring (bicyclic) bond motifs is 9. The number of carbonyl (C=O) groups is 1. The molecule has 2 saturated heterocycles. The van der Waals surface area contributed by atoms with Crippen molar-refractivity contribution in [2.45, 2.75) is 123 Å². The third-order valence-corrected chi connectivity index (χ3v) is 17.3.